The highest BCUT2D eigenvalue weighted by Crippen LogP contribution is 2.53. The Morgan fingerprint density at radius 1 is 0.946 bits per heavy atom. The number of hydrogen-bond donors (Lipinski definition) is 2. The number of benzene rings is 2. The third kappa shape index (κ3) is 4.80. The number of rotatable bonds is 6. The molecule has 4 atom stereocenters. The first-order valence-electron chi connectivity index (χ1n) is 11.7. The molecule has 37 heavy (non-hydrogen) atoms. The standard InChI is InChI=1S/C28H24ClN3O3S2/c1-16-12-14-37-26(16)23-22(25(33)17-7-5-8-18(29)15-17)21(20-11-6-13-36-20)24(27(30)34)32(23)28(35)31-19-9-3-2-4-10-19/h2-15,21-24H,1H3,(H2,30,34)(H,31,35). The summed E-state index contributed by atoms with van der Waals surface area (Å²) < 4.78 is 0. The van der Waals surface area contributed by atoms with Gasteiger partial charge in [-0.3, -0.25) is 9.59 Å². The number of Topliss-reactive ketones (excluding diaryl/α,β-unsaturated/α-hetero) is 1. The van der Waals surface area contributed by atoms with Crippen molar-refractivity contribution < 1.29 is 14.4 Å². The number of nitrogens with zero attached hydrogens (tertiary/aromatic N) is 1. The van der Waals surface area contributed by atoms with Crippen molar-refractivity contribution in [3.05, 3.63) is 109 Å². The third-order valence-electron chi connectivity index (χ3n) is 6.67. The lowest BCUT2D eigenvalue weighted by atomic mass is 9.79. The number of para-hydroxylation sites is 1. The van der Waals surface area contributed by atoms with Crippen molar-refractivity contribution in [2.45, 2.75) is 24.9 Å². The van der Waals surface area contributed by atoms with Crippen LogP contribution in [0.2, 0.25) is 5.02 Å². The number of aryl methyl sites for hydroxylation is 1. The Kier molecular flexibility index (Phi) is 7.15. The average Bonchev–Trinajstić information content (AvgIpc) is 3.62. The molecule has 0 radical (unpaired) electrons. The van der Waals surface area contributed by atoms with Gasteiger partial charge in [0.15, 0.2) is 5.78 Å². The number of ketones is 1. The molecule has 0 aliphatic carbocycles. The Balaban J connectivity index is 1.70. The highest BCUT2D eigenvalue weighted by atomic mass is 35.5. The molecule has 4 aromatic rings. The van der Waals surface area contributed by atoms with E-state index in [4.69, 9.17) is 17.3 Å². The van der Waals surface area contributed by atoms with Crippen molar-refractivity contribution in [2.75, 3.05) is 5.32 Å². The molecule has 0 spiro atoms. The van der Waals surface area contributed by atoms with Crippen molar-refractivity contribution in [3.8, 4) is 0 Å². The van der Waals surface area contributed by atoms with E-state index in [-0.39, 0.29) is 5.78 Å². The Morgan fingerprint density at radius 2 is 1.73 bits per heavy atom. The molecule has 2 aromatic carbocycles. The van der Waals surface area contributed by atoms with E-state index in [1.165, 1.54) is 27.6 Å². The second kappa shape index (κ2) is 10.5. The number of amides is 3. The van der Waals surface area contributed by atoms with Crippen LogP contribution in [0.4, 0.5) is 10.5 Å². The monoisotopic (exact) mass is 549 g/mol. The van der Waals surface area contributed by atoms with Gasteiger partial charge in [-0.05, 0) is 59.6 Å². The van der Waals surface area contributed by atoms with Crippen LogP contribution in [-0.4, -0.2) is 28.7 Å². The fraction of sp³-hybridized carbons (Fsp3) is 0.179. The predicted octanol–water partition coefficient (Wildman–Crippen LogP) is 6.50. The molecule has 1 aliphatic rings. The summed E-state index contributed by atoms with van der Waals surface area (Å²) in [4.78, 5) is 44.4. The zero-order chi connectivity index (χ0) is 26.1. The van der Waals surface area contributed by atoms with Gasteiger partial charge in [0, 0.05) is 31.9 Å². The summed E-state index contributed by atoms with van der Waals surface area (Å²) in [6.07, 6.45) is 0. The minimum absolute atomic E-state index is 0.194. The molecule has 0 saturated carbocycles. The van der Waals surface area contributed by atoms with E-state index in [0.29, 0.717) is 16.3 Å². The molecule has 3 heterocycles. The summed E-state index contributed by atoms with van der Waals surface area (Å²) in [5.41, 5.74) is 7.95. The van der Waals surface area contributed by atoms with E-state index in [2.05, 4.69) is 5.32 Å². The van der Waals surface area contributed by atoms with Crippen LogP contribution in [0, 0.1) is 12.8 Å². The molecule has 1 fully saturated rings. The van der Waals surface area contributed by atoms with Gasteiger partial charge in [-0.15, -0.1) is 22.7 Å². The zero-order valence-electron chi connectivity index (χ0n) is 19.8. The highest BCUT2D eigenvalue weighted by Gasteiger charge is 2.58. The van der Waals surface area contributed by atoms with Crippen LogP contribution < -0.4 is 11.1 Å². The van der Waals surface area contributed by atoms with E-state index in [9.17, 15) is 14.4 Å². The number of anilines is 1. The number of carbonyl (C=O) groups excluding carboxylic acids is 3. The van der Waals surface area contributed by atoms with Gasteiger partial charge >= 0.3 is 6.03 Å². The van der Waals surface area contributed by atoms with Crippen molar-refractivity contribution >= 4 is 57.7 Å². The first kappa shape index (κ1) is 25.2. The fourth-order valence-electron chi connectivity index (χ4n) is 5.12. The molecule has 3 N–H and O–H groups in total. The van der Waals surface area contributed by atoms with E-state index in [0.717, 1.165) is 15.3 Å². The minimum Gasteiger partial charge on any atom is -0.368 e. The van der Waals surface area contributed by atoms with E-state index < -0.39 is 35.9 Å². The Bertz CT molecular complexity index is 1440. The molecular weight excluding hydrogens is 526 g/mol. The van der Waals surface area contributed by atoms with E-state index in [1.54, 1.807) is 36.4 Å². The van der Waals surface area contributed by atoms with Gasteiger partial charge < -0.3 is 16.0 Å². The first-order chi connectivity index (χ1) is 17.9. The summed E-state index contributed by atoms with van der Waals surface area (Å²) in [5.74, 6) is -2.24. The van der Waals surface area contributed by atoms with Crippen molar-refractivity contribution in [1.29, 1.82) is 0 Å². The average molecular weight is 550 g/mol. The summed E-state index contributed by atoms with van der Waals surface area (Å²) in [6.45, 7) is 1.94. The van der Waals surface area contributed by atoms with Gasteiger partial charge in [-0.25, -0.2) is 4.79 Å². The first-order valence-corrected chi connectivity index (χ1v) is 13.8. The van der Waals surface area contributed by atoms with Gasteiger partial charge in [0.25, 0.3) is 0 Å². The molecule has 188 valence electrons. The number of hydrogen-bond acceptors (Lipinski definition) is 5. The molecule has 4 unspecified atom stereocenters. The Labute approximate surface area is 227 Å². The maximum absolute atomic E-state index is 14.3. The number of thiophene rings is 2. The van der Waals surface area contributed by atoms with Crippen molar-refractivity contribution in [2.24, 2.45) is 11.7 Å². The smallest absolute Gasteiger partial charge is 0.323 e. The minimum atomic E-state index is -1.04. The topological polar surface area (TPSA) is 92.5 Å². The number of primary amides is 1. The second-order valence-electron chi connectivity index (χ2n) is 8.90. The lowest BCUT2D eigenvalue weighted by Gasteiger charge is -2.30. The van der Waals surface area contributed by atoms with Crippen LogP contribution in [0.25, 0.3) is 0 Å². The van der Waals surface area contributed by atoms with Crippen LogP contribution in [0.15, 0.2) is 83.6 Å². The number of nitrogens with two attached hydrogens (primary N) is 1. The molecule has 5 rings (SSSR count). The van der Waals surface area contributed by atoms with Crippen molar-refractivity contribution in [3.63, 3.8) is 0 Å². The summed E-state index contributed by atoms with van der Waals surface area (Å²) in [6, 6.07) is 19.2. The van der Waals surface area contributed by atoms with E-state index in [1.807, 2.05) is 54.1 Å². The molecule has 9 heteroatoms. The molecule has 3 amide bonds. The summed E-state index contributed by atoms with van der Waals surface area (Å²) in [5, 5.41) is 7.17. The van der Waals surface area contributed by atoms with Crippen molar-refractivity contribution in [1.82, 2.24) is 4.90 Å². The second-order valence-corrected chi connectivity index (χ2v) is 11.3. The maximum atomic E-state index is 14.3. The van der Waals surface area contributed by atoms with Gasteiger partial charge in [0.05, 0.1) is 12.0 Å². The van der Waals surface area contributed by atoms with Crippen LogP contribution in [-0.2, 0) is 4.79 Å². The van der Waals surface area contributed by atoms with Crippen LogP contribution in [0.1, 0.15) is 37.6 Å². The van der Waals surface area contributed by atoms with Crippen LogP contribution >= 0.6 is 34.3 Å². The number of likely N-dealkylation sites (tertiary alicyclic amines) is 1. The number of nitrogens with one attached hydrogen (secondary N) is 1. The molecule has 0 bridgehead atoms. The summed E-state index contributed by atoms with van der Waals surface area (Å²) >= 11 is 9.14. The Morgan fingerprint density at radius 3 is 2.35 bits per heavy atom. The number of halogens is 1. The molecular formula is C28H24ClN3O3S2. The van der Waals surface area contributed by atoms with Gasteiger partial charge in [0.2, 0.25) is 5.91 Å². The normalized spacial score (nSPS) is 21.1. The maximum Gasteiger partial charge on any atom is 0.323 e. The van der Waals surface area contributed by atoms with E-state index >= 15 is 0 Å². The number of carbonyl (C=O) groups is 3. The van der Waals surface area contributed by atoms with Crippen LogP contribution in [0.3, 0.4) is 0 Å². The highest BCUT2D eigenvalue weighted by molar-refractivity contribution is 7.10. The SMILES string of the molecule is Cc1ccsc1C1C(C(=O)c2cccc(Cl)c2)C(c2cccs2)C(C(N)=O)N1C(=O)Nc1ccccc1. The van der Waals surface area contributed by atoms with Gasteiger partial charge in [-0.1, -0.05) is 48.0 Å². The van der Waals surface area contributed by atoms with Crippen LogP contribution in [0.5, 0.6) is 0 Å². The Hall–Kier alpha value is -3.46. The lowest BCUT2D eigenvalue weighted by molar-refractivity contribution is -0.122. The largest absolute Gasteiger partial charge is 0.368 e. The summed E-state index contributed by atoms with van der Waals surface area (Å²) in [7, 11) is 0. The predicted molar refractivity (Wildman–Crippen MR) is 148 cm³/mol. The molecule has 1 saturated heterocycles. The third-order valence-corrected chi connectivity index (χ3v) is 8.97. The molecule has 6 nitrogen and oxygen atoms in total. The molecule has 1 aliphatic heterocycles. The fourth-order valence-corrected chi connectivity index (χ4v) is 7.29. The zero-order valence-corrected chi connectivity index (χ0v) is 22.2. The molecule has 2 aromatic heterocycles. The quantitative estimate of drug-likeness (QED) is 0.269. The number of urea groups is 1. The van der Waals surface area contributed by atoms with Gasteiger partial charge in [-0.2, -0.15) is 0 Å². The van der Waals surface area contributed by atoms with Gasteiger partial charge in [0.1, 0.15) is 6.04 Å². The lowest BCUT2D eigenvalue weighted by Crippen LogP contribution is -2.48.